The molecule has 2 heterocycles. The lowest BCUT2D eigenvalue weighted by Crippen LogP contribution is -2.63. The van der Waals surface area contributed by atoms with Crippen LogP contribution in [0.3, 0.4) is 0 Å². The van der Waals surface area contributed by atoms with Crippen LogP contribution in [0, 0.1) is 11.8 Å². The highest BCUT2D eigenvalue weighted by molar-refractivity contribution is 5.69. The van der Waals surface area contributed by atoms with Crippen molar-refractivity contribution in [3.8, 4) is 0 Å². The van der Waals surface area contributed by atoms with Crippen LogP contribution in [0.1, 0.15) is 41.5 Å². The third-order valence-electron chi connectivity index (χ3n) is 6.37. The van der Waals surface area contributed by atoms with E-state index < -0.39 is 97.4 Å². The smallest absolute Gasteiger partial charge is 0.303 e. The summed E-state index contributed by atoms with van der Waals surface area (Å²) in [5.74, 6) is -5.31. The maximum absolute atomic E-state index is 12.1. The summed E-state index contributed by atoms with van der Waals surface area (Å²) in [6, 6.07) is 0. The van der Waals surface area contributed by atoms with Gasteiger partial charge in [0, 0.05) is 47.5 Å². The lowest BCUT2D eigenvalue weighted by atomic mass is 9.88. The molecule has 3 aliphatic rings. The number of fused-ring (bicyclic) bond motifs is 1. The van der Waals surface area contributed by atoms with Crippen LogP contribution >= 0.6 is 0 Å². The second-order valence-corrected chi connectivity index (χ2v) is 9.74. The Labute approximate surface area is 241 Å². The van der Waals surface area contributed by atoms with Crippen LogP contribution < -0.4 is 0 Å². The van der Waals surface area contributed by atoms with Crippen molar-refractivity contribution >= 4 is 35.8 Å². The number of carbonyl (C=O) groups is 6. The van der Waals surface area contributed by atoms with Gasteiger partial charge in [0.05, 0.1) is 12.2 Å². The van der Waals surface area contributed by atoms with Crippen LogP contribution in [0.5, 0.6) is 0 Å². The van der Waals surface area contributed by atoms with Gasteiger partial charge in [-0.25, -0.2) is 0 Å². The molecule has 0 aromatic rings. The fourth-order valence-electron chi connectivity index (χ4n) is 4.95. The first-order valence-electron chi connectivity index (χ1n) is 13.1. The lowest BCUT2D eigenvalue weighted by Gasteiger charge is -2.45. The Morgan fingerprint density at radius 1 is 0.690 bits per heavy atom. The predicted molar refractivity (Wildman–Crippen MR) is 134 cm³/mol. The molecule has 15 heteroatoms. The molecule has 1 saturated heterocycles. The third kappa shape index (κ3) is 8.52. The van der Waals surface area contributed by atoms with Crippen LogP contribution in [0.25, 0.3) is 0 Å². The van der Waals surface area contributed by atoms with Crippen LogP contribution in [0.15, 0.2) is 24.0 Å². The first-order chi connectivity index (χ1) is 19.8. The van der Waals surface area contributed by atoms with Crippen molar-refractivity contribution in [2.24, 2.45) is 11.8 Å². The van der Waals surface area contributed by atoms with Gasteiger partial charge in [0.25, 0.3) is 0 Å². The normalized spacial score (nSPS) is 31.4. The van der Waals surface area contributed by atoms with Gasteiger partial charge >= 0.3 is 35.8 Å². The SMILES string of the molecule is CC(=O)OCC1=C[C@H](OC(C)=O)[C@H]2C=CO[C@H](O[C@@H]3O[C@H](COC(C)=O)[C@@H](OC(C)=O)[C@H](OC(C)=O)[C@H]3OC(C)=O)[C@@H]12. The maximum Gasteiger partial charge on any atom is 0.303 e. The summed E-state index contributed by atoms with van der Waals surface area (Å²) >= 11 is 0. The van der Waals surface area contributed by atoms with Crippen molar-refractivity contribution in [2.75, 3.05) is 13.2 Å². The Morgan fingerprint density at radius 3 is 1.83 bits per heavy atom. The average molecular weight is 599 g/mol. The maximum atomic E-state index is 12.1. The van der Waals surface area contributed by atoms with Gasteiger partial charge in [-0.2, -0.15) is 0 Å². The van der Waals surface area contributed by atoms with Gasteiger partial charge in [0.15, 0.2) is 18.3 Å². The summed E-state index contributed by atoms with van der Waals surface area (Å²) in [5, 5.41) is 0. The van der Waals surface area contributed by atoms with E-state index in [2.05, 4.69) is 0 Å². The molecule has 0 N–H and O–H groups in total. The zero-order chi connectivity index (χ0) is 31.1. The fourth-order valence-corrected chi connectivity index (χ4v) is 4.95. The van der Waals surface area contributed by atoms with Crippen LogP contribution in [0.2, 0.25) is 0 Å². The van der Waals surface area contributed by atoms with E-state index >= 15 is 0 Å². The molecular weight excluding hydrogens is 564 g/mol. The molecule has 0 unspecified atom stereocenters. The molecule has 0 aromatic carbocycles. The average Bonchev–Trinajstić information content (AvgIpc) is 3.22. The number of esters is 6. The van der Waals surface area contributed by atoms with Gasteiger partial charge in [0.2, 0.25) is 12.6 Å². The van der Waals surface area contributed by atoms with Crippen LogP contribution in [0.4, 0.5) is 0 Å². The molecule has 0 saturated carbocycles. The fraction of sp³-hybridized carbons (Fsp3) is 0.630. The molecule has 3 rings (SSSR count). The minimum Gasteiger partial charge on any atom is -0.472 e. The number of ether oxygens (including phenoxy) is 9. The Hall–Kier alpha value is -3.98. The monoisotopic (exact) mass is 598 g/mol. The Bertz CT molecular complexity index is 1130. The summed E-state index contributed by atoms with van der Waals surface area (Å²) < 4.78 is 49.9. The minimum absolute atomic E-state index is 0.163. The molecule has 0 amide bonds. The van der Waals surface area contributed by atoms with E-state index in [1.165, 1.54) is 20.1 Å². The van der Waals surface area contributed by atoms with Crippen molar-refractivity contribution < 1.29 is 71.4 Å². The van der Waals surface area contributed by atoms with Crippen molar-refractivity contribution in [1.82, 2.24) is 0 Å². The summed E-state index contributed by atoms with van der Waals surface area (Å²) in [7, 11) is 0. The van der Waals surface area contributed by atoms with Crippen LogP contribution in [-0.2, 0) is 71.4 Å². The molecule has 9 atom stereocenters. The van der Waals surface area contributed by atoms with Crippen LogP contribution in [-0.4, -0.2) is 92.1 Å². The first kappa shape index (κ1) is 32.5. The predicted octanol–water partition coefficient (Wildman–Crippen LogP) is 0.623. The standard InChI is InChI=1S/C27H34O15/c1-12(28)35-10-18-9-20(37-14(3)30)19-7-8-34-26(22(18)19)42-27-25(40-17(6)33)24(39-16(5)32)23(38-15(4)31)21(41-27)11-36-13(2)29/h7-9,19-27H,10-11H2,1-6H3/t19-,20+,21-,22+,23-,24+,25-,26-,27+/m1/s1. The quantitative estimate of drug-likeness (QED) is 0.193. The molecule has 1 aliphatic carbocycles. The molecular formula is C27H34O15. The molecule has 0 aromatic heterocycles. The lowest BCUT2D eigenvalue weighted by molar-refractivity contribution is -0.342. The Kier molecular flexibility index (Phi) is 11.1. The van der Waals surface area contributed by atoms with E-state index in [4.69, 9.17) is 42.6 Å². The number of rotatable bonds is 10. The molecule has 42 heavy (non-hydrogen) atoms. The van der Waals surface area contributed by atoms with Crippen molar-refractivity contribution in [3.63, 3.8) is 0 Å². The van der Waals surface area contributed by atoms with E-state index in [1.807, 2.05) is 0 Å². The largest absolute Gasteiger partial charge is 0.472 e. The van der Waals surface area contributed by atoms with E-state index in [0.717, 1.165) is 27.7 Å². The number of hydrogen-bond donors (Lipinski definition) is 0. The molecule has 0 radical (unpaired) electrons. The highest BCUT2D eigenvalue weighted by atomic mass is 16.8. The molecule has 1 fully saturated rings. The molecule has 15 nitrogen and oxygen atoms in total. The summed E-state index contributed by atoms with van der Waals surface area (Å²) in [5.41, 5.74) is 0.515. The summed E-state index contributed by atoms with van der Waals surface area (Å²) in [6.07, 6.45) is -4.37. The topological polar surface area (TPSA) is 185 Å². The minimum atomic E-state index is -1.52. The van der Waals surface area contributed by atoms with Crippen molar-refractivity contribution in [2.45, 2.75) is 84.6 Å². The van der Waals surface area contributed by atoms with E-state index in [1.54, 1.807) is 12.2 Å². The highest BCUT2D eigenvalue weighted by Gasteiger charge is 2.55. The van der Waals surface area contributed by atoms with Crippen molar-refractivity contribution in [3.05, 3.63) is 24.0 Å². The highest BCUT2D eigenvalue weighted by Crippen LogP contribution is 2.43. The summed E-state index contributed by atoms with van der Waals surface area (Å²) in [6.45, 7) is 6.34. The molecule has 0 spiro atoms. The Balaban J connectivity index is 1.99. The van der Waals surface area contributed by atoms with E-state index in [-0.39, 0.29) is 6.61 Å². The first-order valence-corrected chi connectivity index (χ1v) is 13.1. The van der Waals surface area contributed by atoms with Gasteiger partial charge in [-0.15, -0.1) is 0 Å². The van der Waals surface area contributed by atoms with Gasteiger partial charge in [-0.1, -0.05) is 0 Å². The molecule has 0 bridgehead atoms. The number of carbonyl (C=O) groups excluding carboxylic acids is 6. The second-order valence-electron chi connectivity index (χ2n) is 9.74. The number of hydrogen-bond acceptors (Lipinski definition) is 15. The summed E-state index contributed by atoms with van der Waals surface area (Å²) in [4.78, 5) is 71.1. The van der Waals surface area contributed by atoms with Gasteiger partial charge < -0.3 is 42.6 Å². The second kappa shape index (κ2) is 14.3. The molecule has 2 aliphatic heterocycles. The van der Waals surface area contributed by atoms with Gasteiger partial charge in [0.1, 0.15) is 25.4 Å². The van der Waals surface area contributed by atoms with E-state index in [9.17, 15) is 28.8 Å². The zero-order valence-corrected chi connectivity index (χ0v) is 24.0. The third-order valence-corrected chi connectivity index (χ3v) is 6.37. The zero-order valence-electron chi connectivity index (χ0n) is 24.0. The molecule has 232 valence electrons. The Morgan fingerprint density at radius 2 is 1.26 bits per heavy atom. The van der Waals surface area contributed by atoms with Crippen molar-refractivity contribution in [1.29, 1.82) is 0 Å². The van der Waals surface area contributed by atoms with Gasteiger partial charge in [-0.05, 0) is 17.7 Å². The van der Waals surface area contributed by atoms with Gasteiger partial charge in [-0.3, -0.25) is 28.8 Å². The van der Waals surface area contributed by atoms with E-state index in [0.29, 0.717) is 5.57 Å².